The number of hydrogen-bond donors (Lipinski definition) is 1. The van der Waals surface area contributed by atoms with E-state index in [1.807, 2.05) is 0 Å². The van der Waals surface area contributed by atoms with Crippen molar-refractivity contribution in [3.05, 3.63) is 53.0 Å². The van der Waals surface area contributed by atoms with Crippen LogP contribution in [-0.4, -0.2) is 43.8 Å². The Bertz CT molecular complexity index is 1120. The SMILES string of the molecule is Cc1ccc(/C=C/C(=O)OC(C)C(=O)Nc2cc(S(=O)(=O)N3CCCCC3)ccc2Cl)o1. The largest absolute Gasteiger partial charge is 0.462 e. The van der Waals surface area contributed by atoms with Gasteiger partial charge in [-0.15, -0.1) is 0 Å². The number of aryl methyl sites for hydroxylation is 1. The van der Waals surface area contributed by atoms with Crippen LogP contribution >= 0.6 is 11.6 Å². The summed E-state index contributed by atoms with van der Waals surface area (Å²) in [6, 6.07) is 7.59. The number of furan rings is 1. The molecule has 0 bridgehead atoms. The van der Waals surface area contributed by atoms with Crippen LogP contribution in [0.15, 0.2) is 45.7 Å². The van der Waals surface area contributed by atoms with Gasteiger partial charge in [0.25, 0.3) is 5.91 Å². The van der Waals surface area contributed by atoms with E-state index in [1.54, 1.807) is 19.1 Å². The van der Waals surface area contributed by atoms with Crippen molar-refractivity contribution in [3.8, 4) is 0 Å². The molecule has 0 radical (unpaired) electrons. The molecule has 2 aromatic rings. The number of esters is 1. The summed E-state index contributed by atoms with van der Waals surface area (Å²) in [6.07, 6.45) is 4.08. The number of rotatable bonds is 7. The van der Waals surface area contributed by atoms with Gasteiger partial charge in [0.1, 0.15) is 11.5 Å². The van der Waals surface area contributed by atoms with Crippen molar-refractivity contribution in [1.29, 1.82) is 0 Å². The highest BCUT2D eigenvalue weighted by Gasteiger charge is 2.27. The van der Waals surface area contributed by atoms with Crippen molar-refractivity contribution in [2.45, 2.75) is 44.1 Å². The first kappa shape index (κ1) is 24.0. The number of sulfonamides is 1. The Kier molecular flexibility index (Phi) is 7.76. The van der Waals surface area contributed by atoms with E-state index in [9.17, 15) is 18.0 Å². The number of amides is 1. The van der Waals surface area contributed by atoms with Crippen LogP contribution in [0.2, 0.25) is 5.02 Å². The van der Waals surface area contributed by atoms with Gasteiger partial charge in [-0.1, -0.05) is 18.0 Å². The summed E-state index contributed by atoms with van der Waals surface area (Å²) in [5, 5.41) is 2.70. The summed E-state index contributed by atoms with van der Waals surface area (Å²) in [5.74, 6) is -0.188. The second-order valence-corrected chi connectivity index (χ2v) is 9.80. The third kappa shape index (κ3) is 5.99. The van der Waals surface area contributed by atoms with Gasteiger partial charge in [-0.3, -0.25) is 4.79 Å². The van der Waals surface area contributed by atoms with Gasteiger partial charge >= 0.3 is 5.97 Å². The van der Waals surface area contributed by atoms with Crippen molar-refractivity contribution in [1.82, 2.24) is 4.31 Å². The minimum atomic E-state index is -3.69. The molecule has 1 atom stereocenters. The maximum absolute atomic E-state index is 12.9. The lowest BCUT2D eigenvalue weighted by Crippen LogP contribution is -2.35. The third-order valence-corrected chi connectivity index (χ3v) is 7.18. The van der Waals surface area contributed by atoms with Crippen molar-refractivity contribution < 1.29 is 27.2 Å². The van der Waals surface area contributed by atoms with Gasteiger partial charge < -0.3 is 14.5 Å². The first-order valence-electron chi connectivity index (χ1n) is 10.2. The van der Waals surface area contributed by atoms with Crippen LogP contribution < -0.4 is 5.32 Å². The number of carbonyl (C=O) groups is 2. The molecular weight excluding hydrogens is 456 g/mol. The highest BCUT2D eigenvalue weighted by Crippen LogP contribution is 2.28. The minimum absolute atomic E-state index is 0.0421. The molecule has 0 spiro atoms. The lowest BCUT2D eigenvalue weighted by molar-refractivity contribution is -0.148. The predicted molar refractivity (Wildman–Crippen MR) is 121 cm³/mol. The fourth-order valence-corrected chi connectivity index (χ4v) is 4.92. The monoisotopic (exact) mass is 480 g/mol. The van der Waals surface area contributed by atoms with Gasteiger partial charge in [-0.25, -0.2) is 13.2 Å². The molecule has 32 heavy (non-hydrogen) atoms. The summed E-state index contributed by atoms with van der Waals surface area (Å²) in [6.45, 7) is 4.11. The van der Waals surface area contributed by atoms with E-state index in [-0.39, 0.29) is 15.6 Å². The van der Waals surface area contributed by atoms with E-state index in [4.69, 9.17) is 20.8 Å². The molecule has 1 aliphatic heterocycles. The zero-order chi connectivity index (χ0) is 23.3. The summed E-state index contributed by atoms with van der Waals surface area (Å²) in [5.41, 5.74) is 0.124. The van der Waals surface area contributed by atoms with Gasteiger partial charge in [0.15, 0.2) is 6.10 Å². The number of carbonyl (C=O) groups excluding carboxylic acids is 2. The molecule has 1 aromatic carbocycles. The average Bonchev–Trinajstić information content (AvgIpc) is 3.19. The molecule has 10 heteroatoms. The van der Waals surface area contributed by atoms with E-state index in [0.29, 0.717) is 24.6 Å². The highest BCUT2D eigenvalue weighted by molar-refractivity contribution is 7.89. The molecule has 0 aliphatic carbocycles. The number of nitrogens with one attached hydrogen (secondary N) is 1. The van der Waals surface area contributed by atoms with Crippen LogP contribution in [-0.2, 0) is 24.3 Å². The lowest BCUT2D eigenvalue weighted by Gasteiger charge is -2.26. The Labute approximate surface area is 192 Å². The Morgan fingerprint density at radius 1 is 1.19 bits per heavy atom. The quantitative estimate of drug-likeness (QED) is 0.474. The normalized spacial score (nSPS) is 16.1. The Balaban J connectivity index is 1.65. The zero-order valence-corrected chi connectivity index (χ0v) is 19.4. The molecule has 1 unspecified atom stereocenters. The van der Waals surface area contributed by atoms with Gasteiger partial charge in [-0.05, 0) is 63.1 Å². The van der Waals surface area contributed by atoms with E-state index < -0.39 is 28.0 Å². The second-order valence-electron chi connectivity index (χ2n) is 7.46. The zero-order valence-electron chi connectivity index (χ0n) is 17.8. The summed E-state index contributed by atoms with van der Waals surface area (Å²) in [4.78, 5) is 24.5. The predicted octanol–water partition coefficient (Wildman–Crippen LogP) is 4.00. The van der Waals surface area contributed by atoms with Crippen LogP contribution in [0.4, 0.5) is 5.69 Å². The van der Waals surface area contributed by atoms with Crippen LogP contribution in [0.1, 0.15) is 37.7 Å². The standard InChI is InChI=1S/C22H25ClN2O6S/c1-15-6-7-17(30-15)8-11-21(26)31-16(2)22(27)24-20-14-18(9-10-19(20)23)32(28,29)25-12-4-3-5-13-25/h6-11,14,16H,3-5,12-13H2,1-2H3,(H,24,27)/b11-8+. The van der Waals surface area contributed by atoms with Crippen molar-refractivity contribution in [3.63, 3.8) is 0 Å². The minimum Gasteiger partial charge on any atom is -0.462 e. The number of ether oxygens (including phenoxy) is 1. The van der Waals surface area contributed by atoms with E-state index in [2.05, 4.69) is 5.32 Å². The van der Waals surface area contributed by atoms with Crippen molar-refractivity contribution in [2.24, 2.45) is 0 Å². The second kappa shape index (κ2) is 10.3. The molecule has 3 rings (SSSR count). The number of benzene rings is 1. The first-order chi connectivity index (χ1) is 15.2. The van der Waals surface area contributed by atoms with Crippen LogP contribution in [0.25, 0.3) is 6.08 Å². The lowest BCUT2D eigenvalue weighted by atomic mass is 10.2. The Morgan fingerprint density at radius 2 is 1.91 bits per heavy atom. The van der Waals surface area contributed by atoms with Crippen molar-refractivity contribution in [2.75, 3.05) is 18.4 Å². The van der Waals surface area contributed by atoms with Crippen LogP contribution in [0.3, 0.4) is 0 Å². The first-order valence-corrected chi connectivity index (χ1v) is 12.0. The highest BCUT2D eigenvalue weighted by atomic mass is 35.5. The number of hydrogen-bond acceptors (Lipinski definition) is 6. The van der Waals surface area contributed by atoms with E-state index >= 15 is 0 Å². The smallest absolute Gasteiger partial charge is 0.331 e. The molecule has 8 nitrogen and oxygen atoms in total. The molecule has 172 valence electrons. The maximum atomic E-state index is 12.9. The van der Waals surface area contributed by atoms with Crippen molar-refractivity contribution >= 4 is 45.3 Å². The Morgan fingerprint density at radius 3 is 2.56 bits per heavy atom. The van der Waals surface area contributed by atoms with E-state index in [1.165, 1.54) is 35.5 Å². The summed E-state index contributed by atoms with van der Waals surface area (Å²) in [7, 11) is -3.69. The molecule has 1 aromatic heterocycles. The number of halogens is 1. The molecule has 1 aliphatic rings. The number of anilines is 1. The molecule has 1 amide bonds. The van der Waals surface area contributed by atoms with Gasteiger partial charge in [0, 0.05) is 19.2 Å². The number of nitrogens with zero attached hydrogens (tertiary/aromatic N) is 1. The van der Waals surface area contributed by atoms with E-state index in [0.717, 1.165) is 25.3 Å². The van der Waals surface area contributed by atoms with Crippen LogP contribution in [0, 0.1) is 6.92 Å². The molecule has 1 saturated heterocycles. The molecular formula is C22H25ClN2O6S. The fraction of sp³-hybridized carbons (Fsp3) is 0.364. The topological polar surface area (TPSA) is 106 Å². The van der Waals surface area contributed by atoms with Crippen LogP contribution in [0.5, 0.6) is 0 Å². The summed E-state index contributed by atoms with van der Waals surface area (Å²) < 4.78 is 37.6. The molecule has 1 fully saturated rings. The third-order valence-electron chi connectivity index (χ3n) is 4.96. The van der Waals surface area contributed by atoms with Gasteiger partial charge in [0.2, 0.25) is 10.0 Å². The molecule has 2 heterocycles. The fourth-order valence-electron chi connectivity index (χ4n) is 3.21. The maximum Gasteiger partial charge on any atom is 0.331 e. The van der Waals surface area contributed by atoms with Gasteiger partial charge in [-0.2, -0.15) is 4.31 Å². The Hall–Kier alpha value is -2.62. The molecule has 1 N–H and O–H groups in total. The number of piperidine rings is 1. The van der Waals surface area contributed by atoms with Gasteiger partial charge in [0.05, 0.1) is 15.6 Å². The molecule has 0 saturated carbocycles. The average molecular weight is 481 g/mol. The summed E-state index contributed by atoms with van der Waals surface area (Å²) >= 11 is 6.15.